The minimum Gasteiger partial charge on any atom is -0.468 e. The van der Waals surface area contributed by atoms with E-state index in [1.165, 1.54) is 18.9 Å². The van der Waals surface area contributed by atoms with Crippen molar-refractivity contribution >= 4 is 29.3 Å². The molecule has 0 radical (unpaired) electrons. The van der Waals surface area contributed by atoms with Gasteiger partial charge in [0.1, 0.15) is 11.6 Å². The van der Waals surface area contributed by atoms with Crippen LogP contribution in [-0.4, -0.2) is 27.8 Å². The van der Waals surface area contributed by atoms with Gasteiger partial charge in [0.15, 0.2) is 5.16 Å². The van der Waals surface area contributed by atoms with Crippen LogP contribution >= 0.6 is 23.4 Å². The number of esters is 1. The predicted molar refractivity (Wildman–Crippen MR) is 98.2 cm³/mol. The van der Waals surface area contributed by atoms with Crippen molar-refractivity contribution in [2.75, 3.05) is 7.11 Å². The standard InChI is InChI=1S/C18H16ClN3O2S/c1-12-8-9-14(10-15(12)19)22-11-20-21-18(22)25-16(17(23)24-2)13-6-4-3-5-7-13/h3-11,16H,1-2H3/t16-/m1/s1. The van der Waals surface area contributed by atoms with E-state index in [9.17, 15) is 4.79 Å². The molecule has 2 aromatic carbocycles. The van der Waals surface area contributed by atoms with Crippen LogP contribution in [0.2, 0.25) is 5.02 Å². The lowest BCUT2D eigenvalue weighted by molar-refractivity contribution is -0.140. The third-order valence-electron chi connectivity index (χ3n) is 3.69. The number of hydrogen-bond donors (Lipinski definition) is 0. The van der Waals surface area contributed by atoms with Crippen molar-refractivity contribution in [2.45, 2.75) is 17.3 Å². The molecule has 0 spiro atoms. The molecule has 0 fully saturated rings. The monoisotopic (exact) mass is 373 g/mol. The molecule has 0 saturated carbocycles. The van der Waals surface area contributed by atoms with E-state index < -0.39 is 5.25 Å². The summed E-state index contributed by atoms with van der Waals surface area (Å²) in [5.74, 6) is -0.340. The Labute approximate surface area is 155 Å². The molecule has 0 unspecified atom stereocenters. The Hall–Kier alpha value is -2.31. The van der Waals surface area contributed by atoms with Crippen LogP contribution in [0.25, 0.3) is 5.69 Å². The molecule has 0 N–H and O–H groups in total. The van der Waals surface area contributed by atoms with Gasteiger partial charge in [0, 0.05) is 5.02 Å². The molecule has 1 aromatic heterocycles. The number of methoxy groups -OCH3 is 1. The molecule has 7 heteroatoms. The Morgan fingerprint density at radius 3 is 2.68 bits per heavy atom. The zero-order valence-corrected chi connectivity index (χ0v) is 15.3. The number of carbonyl (C=O) groups is 1. The summed E-state index contributed by atoms with van der Waals surface area (Å²) in [5, 5.41) is 8.84. The van der Waals surface area contributed by atoms with Crippen LogP contribution in [0.5, 0.6) is 0 Å². The van der Waals surface area contributed by atoms with Gasteiger partial charge in [-0.2, -0.15) is 0 Å². The molecule has 25 heavy (non-hydrogen) atoms. The number of thioether (sulfide) groups is 1. The Kier molecular flexibility index (Phi) is 5.40. The third kappa shape index (κ3) is 3.86. The lowest BCUT2D eigenvalue weighted by atomic mass is 10.1. The summed E-state index contributed by atoms with van der Waals surface area (Å²) in [5.41, 5.74) is 2.67. The maximum Gasteiger partial charge on any atom is 0.323 e. The molecule has 3 aromatic rings. The maximum atomic E-state index is 12.3. The second-order valence-corrected chi connectivity index (χ2v) is 6.83. The lowest BCUT2D eigenvalue weighted by Crippen LogP contribution is -2.12. The molecule has 5 nitrogen and oxygen atoms in total. The van der Waals surface area contributed by atoms with E-state index in [4.69, 9.17) is 16.3 Å². The fourth-order valence-electron chi connectivity index (χ4n) is 2.31. The first-order valence-corrected chi connectivity index (χ1v) is 8.82. The molecule has 0 bridgehead atoms. The van der Waals surface area contributed by atoms with Crippen LogP contribution in [0.1, 0.15) is 16.4 Å². The molecule has 0 saturated heterocycles. The molecular weight excluding hydrogens is 358 g/mol. The van der Waals surface area contributed by atoms with Gasteiger partial charge < -0.3 is 4.74 Å². The summed E-state index contributed by atoms with van der Waals surface area (Å²) in [6.07, 6.45) is 1.60. The third-order valence-corrected chi connectivity index (χ3v) is 5.29. The highest BCUT2D eigenvalue weighted by atomic mass is 35.5. The average Bonchev–Trinajstić information content (AvgIpc) is 3.10. The normalized spacial score (nSPS) is 12.0. The van der Waals surface area contributed by atoms with Crippen LogP contribution in [0.3, 0.4) is 0 Å². The first-order valence-electron chi connectivity index (χ1n) is 7.56. The van der Waals surface area contributed by atoms with Crippen LogP contribution in [0.4, 0.5) is 0 Å². The fourth-order valence-corrected chi connectivity index (χ4v) is 3.54. The average molecular weight is 374 g/mol. The number of aromatic nitrogens is 3. The van der Waals surface area contributed by atoms with Crippen molar-refractivity contribution in [3.05, 3.63) is 71.0 Å². The summed E-state index contributed by atoms with van der Waals surface area (Å²) in [6.45, 7) is 1.94. The van der Waals surface area contributed by atoms with E-state index in [1.54, 1.807) is 10.9 Å². The van der Waals surface area contributed by atoms with Crippen molar-refractivity contribution in [2.24, 2.45) is 0 Å². The second kappa shape index (κ2) is 7.72. The summed E-state index contributed by atoms with van der Waals surface area (Å²) in [4.78, 5) is 12.3. The largest absolute Gasteiger partial charge is 0.468 e. The Bertz CT molecular complexity index is 883. The van der Waals surface area contributed by atoms with Gasteiger partial charge in [-0.3, -0.25) is 9.36 Å². The Balaban J connectivity index is 1.95. The van der Waals surface area contributed by atoms with Crippen molar-refractivity contribution in [3.63, 3.8) is 0 Å². The summed E-state index contributed by atoms with van der Waals surface area (Å²) in [6, 6.07) is 15.2. The fraction of sp³-hybridized carbons (Fsp3) is 0.167. The quantitative estimate of drug-likeness (QED) is 0.494. The highest BCUT2D eigenvalue weighted by molar-refractivity contribution is 8.00. The molecule has 128 valence electrons. The zero-order valence-electron chi connectivity index (χ0n) is 13.7. The van der Waals surface area contributed by atoms with Crippen molar-refractivity contribution in [1.29, 1.82) is 0 Å². The zero-order chi connectivity index (χ0) is 17.8. The number of halogens is 1. The van der Waals surface area contributed by atoms with Gasteiger partial charge in [0.05, 0.1) is 12.8 Å². The summed E-state index contributed by atoms with van der Waals surface area (Å²) in [7, 11) is 1.38. The number of carbonyl (C=O) groups excluding carboxylic acids is 1. The van der Waals surface area contributed by atoms with Crippen molar-refractivity contribution in [1.82, 2.24) is 14.8 Å². The van der Waals surface area contributed by atoms with Crippen LogP contribution in [-0.2, 0) is 9.53 Å². The summed E-state index contributed by atoms with van der Waals surface area (Å²) < 4.78 is 6.76. The van der Waals surface area contributed by atoms with E-state index >= 15 is 0 Å². The molecule has 1 atom stereocenters. The minimum atomic E-state index is -0.532. The SMILES string of the molecule is COC(=O)[C@H](Sc1nncn1-c1ccc(C)c(Cl)c1)c1ccccc1. The van der Waals surface area contributed by atoms with E-state index in [-0.39, 0.29) is 5.97 Å². The van der Waals surface area contributed by atoms with Gasteiger partial charge in [-0.25, -0.2) is 0 Å². The number of nitrogens with zero attached hydrogens (tertiary/aromatic N) is 3. The van der Waals surface area contributed by atoms with Crippen molar-refractivity contribution in [3.8, 4) is 5.69 Å². The molecule has 0 aliphatic heterocycles. The van der Waals surface area contributed by atoms with E-state index in [2.05, 4.69) is 10.2 Å². The topological polar surface area (TPSA) is 57.0 Å². The molecule has 0 aliphatic carbocycles. The van der Waals surface area contributed by atoms with Gasteiger partial charge in [-0.15, -0.1) is 10.2 Å². The maximum absolute atomic E-state index is 12.3. The van der Waals surface area contributed by atoms with Gasteiger partial charge in [0.25, 0.3) is 0 Å². The van der Waals surface area contributed by atoms with Crippen LogP contribution < -0.4 is 0 Å². The van der Waals surface area contributed by atoms with E-state index in [1.807, 2.05) is 55.5 Å². The lowest BCUT2D eigenvalue weighted by Gasteiger charge is -2.15. The van der Waals surface area contributed by atoms with E-state index in [0.29, 0.717) is 10.2 Å². The van der Waals surface area contributed by atoms with Crippen LogP contribution in [0, 0.1) is 6.92 Å². The Morgan fingerprint density at radius 1 is 1.24 bits per heavy atom. The minimum absolute atomic E-state index is 0.340. The van der Waals surface area contributed by atoms with Crippen molar-refractivity contribution < 1.29 is 9.53 Å². The van der Waals surface area contributed by atoms with Gasteiger partial charge in [0.2, 0.25) is 0 Å². The van der Waals surface area contributed by atoms with Gasteiger partial charge in [-0.1, -0.05) is 59.8 Å². The number of rotatable bonds is 5. The van der Waals surface area contributed by atoms with E-state index in [0.717, 1.165) is 16.8 Å². The highest BCUT2D eigenvalue weighted by Gasteiger charge is 2.25. The smallest absolute Gasteiger partial charge is 0.323 e. The Morgan fingerprint density at radius 2 is 2.00 bits per heavy atom. The molecular formula is C18H16ClN3O2S. The summed E-state index contributed by atoms with van der Waals surface area (Å²) >= 11 is 7.51. The first-order chi connectivity index (χ1) is 12.1. The number of ether oxygens (including phenoxy) is 1. The molecule has 3 rings (SSSR count). The first kappa shape index (κ1) is 17.5. The molecule has 0 aliphatic rings. The molecule has 0 amide bonds. The highest BCUT2D eigenvalue weighted by Crippen LogP contribution is 2.36. The van der Waals surface area contributed by atoms with Crippen LogP contribution in [0.15, 0.2) is 60.0 Å². The number of hydrogen-bond acceptors (Lipinski definition) is 5. The predicted octanol–water partition coefficient (Wildman–Crippen LogP) is 4.24. The van der Waals surface area contributed by atoms with Gasteiger partial charge in [-0.05, 0) is 30.2 Å². The van der Waals surface area contributed by atoms with Gasteiger partial charge >= 0.3 is 5.97 Å². The number of benzene rings is 2. The molecule has 1 heterocycles. The second-order valence-electron chi connectivity index (χ2n) is 5.35. The number of aryl methyl sites for hydroxylation is 1.